The van der Waals surface area contributed by atoms with Crippen LogP contribution in [0.2, 0.25) is 0 Å². The van der Waals surface area contributed by atoms with Gasteiger partial charge in [-0.2, -0.15) is 0 Å². The summed E-state index contributed by atoms with van der Waals surface area (Å²) in [5, 5.41) is 2.98. The van der Waals surface area contributed by atoms with E-state index in [1.165, 1.54) is 29.9 Å². The van der Waals surface area contributed by atoms with Crippen LogP contribution in [-0.2, 0) is 0 Å². The molecule has 0 unspecified atom stereocenters. The van der Waals surface area contributed by atoms with Crippen LogP contribution in [0.25, 0.3) is 0 Å². The Labute approximate surface area is 64.4 Å². The molecular weight excluding hydrogens is 139 g/mol. The van der Waals surface area contributed by atoms with Crippen LogP contribution in [-0.4, -0.2) is 0 Å². The van der Waals surface area contributed by atoms with Gasteiger partial charge in [0.2, 0.25) is 0 Å². The Morgan fingerprint density at radius 2 is 1.30 bits per heavy atom. The number of hydrogen-bond donors (Lipinski definition) is 0. The molecule has 0 atom stereocenters. The van der Waals surface area contributed by atoms with E-state index in [9.17, 15) is 0 Å². The lowest BCUT2D eigenvalue weighted by Gasteiger charge is -2.03. The van der Waals surface area contributed by atoms with Crippen molar-refractivity contribution in [2.75, 3.05) is 0 Å². The number of hydrogen-bond acceptors (Lipinski definition) is 0. The first-order valence-electron chi connectivity index (χ1n) is 3.52. The molecule has 0 spiro atoms. The van der Waals surface area contributed by atoms with Gasteiger partial charge in [-0.15, -0.1) is 0 Å². The molecule has 0 bridgehead atoms. The van der Waals surface area contributed by atoms with Crippen molar-refractivity contribution in [3.05, 3.63) is 27.8 Å². The lowest BCUT2D eigenvalue weighted by Crippen LogP contribution is -1.80. The summed E-state index contributed by atoms with van der Waals surface area (Å²) in [6.07, 6.45) is 0. The maximum Gasteiger partial charge on any atom is -0.0205 e. The zero-order valence-electron chi connectivity index (χ0n) is 7.02. The molecule has 0 N–H and O–H groups in total. The Bertz CT molecular complexity index is 201. The molecule has 0 radical (unpaired) electrons. The third kappa shape index (κ3) is 1.38. The molecule has 54 valence electrons. The topological polar surface area (TPSA) is 0 Å². The highest BCUT2D eigenvalue weighted by atomic mass is 31.0. The van der Waals surface area contributed by atoms with Crippen LogP contribution in [0, 0.1) is 27.7 Å². The Kier molecular flexibility index (Phi) is 2.11. The van der Waals surface area contributed by atoms with Gasteiger partial charge in [0.15, 0.2) is 0 Å². The van der Waals surface area contributed by atoms with E-state index < -0.39 is 0 Å². The molecule has 0 amide bonds. The lowest BCUT2D eigenvalue weighted by atomic mass is 10.2. The summed E-state index contributed by atoms with van der Waals surface area (Å²) < 4.78 is 0. The standard InChI is InChI=1S/C9H13P/c1-6-5-7(2)9(4)10-8(6)3/h5H,1-4H3. The van der Waals surface area contributed by atoms with Gasteiger partial charge in [0, 0.05) is 0 Å². The first-order chi connectivity index (χ1) is 4.61. The molecule has 0 nitrogen and oxygen atoms in total. The van der Waals surface area contributed by atoms with E-state index >= 15 is 0 Å². The Morgan fingerprint density at radius 3 is 1.60 bits per heavy atom. The lowest BCUT2D eigenvalue weighted by molar-refractivity contribution is 1.33. The van der Waals surface area contributed by atoms with E-state index in [1.807, 2.05) is 0 Å². The molecule has 0 aliphatic rings. The average Bonchev–Trinajstić information content (AvgIpc) is 1.84. The molecule has 0 saturated heterocycles. The third-order valence-electron chi connectivity index (χ3n) is 1.91. The Hall–Kier alpha value is -0.350. The summed E-state index contributed by atoms with van der Waals surface area (Å²) in [5.74, 6) is 0. The molecule has 1 heterocycles. The monoisotopic (exact) mass is 152 g/mol. The van der Waals surface area contributed by atoms with Crippen LogP contribution in [0.3, 0.4) is 0 Å². The summed E-state index contributed by atoms with van der Waals surface area (Å²) in [7, 11) is 1.41. The second-order valence-electron chi connectivity index (χ2n) is 2.79. The highest BCUT2D eigenvalue weighted by Gasteiger charge is 1.96. The number of rotatable bonds is 0. The van der Waals surface area contributed by atoms with E-state index in [-0.39, 0.29) is 0 Å². The van der Waals surface area contributed by atoms with Gasteiger partial charge in [0.05, 0.1) is 0 Å². The zero-order chi connectivity index (χ0) is 7.72. The highest BCUT2D eigenvalue weighted by Crippen LogP contribution is 2.24. The van der Waals surface area contributed by atoms with Crippen molar-refractivity contribution in [1.82, 2.24) is 0 Å². The van der Waals surface area contributed by atoms with Crippen molar-refractivity contribution in [2.45, 2.75) is 27.7 Å². The Morgan fingerprint density at radius 1 is 0.900 bits per heavy atom. The summed E-state index contributed by atoms with van der Waals surface area (Å²) in [4.78, 5) is 0. The van der Waals surface area contributed by atoms with Crippen LogP contribution in [0.5, 0.6) is 0 Å². The van der Waals surface area contributed by atoms with Crippen LogP contribution in [0.1, 0.15) is 21.7 Å². The van der Waals surface area contributed by atoms with Gasteiger partial charge in [-0.3, -0.25) is 0 Å². The van der Waals surface area contributed by atoms with E-state index in [4.69, 9.17) is 0 Å². The minimum atomic E-state index is 1.41. The SMILES string of the molecule is Cc1cc(C)c(C)pc1C. The highest BCUT2D eigenvalue weighted by molar-refractivity contribution is 7.31. The largest absolute Gasteiger partial charge is 0.0694 e. The molecule has 0 saturated carbocycles. The molecule has 0 aromatic carbocycles. The van der Waals surface area contributed by atoms with E-state index in [2.05, 4.69) is 33.8 Å². The summed E-state index contributed by atoms with van der Waals surface area (Å²) in [5.41, 5.74) is 2.87. The second kappa shape index (κ2) is 2.72. The molecule has 0 aliphatic carbocycles. The first-order valence-corrected chi connectivity index (χ1v) is 4.42. The first kappa shape index (κ1) is 7.75. The molecule has 0 fully saturated rings. The Balaban J connectivity index is 3.28. The fraction of sp³-hybridized carbons (Fsp3) is 0.444. The van der Waals surface area contributed by atoms with Crippen molar-refractivity contribution in [2.24, 2.45) is 0 Å². The van der Waals surface area contributed by atoms with Gasteiger partial charge < -0.3 is 0 Å². The minimum absolute atomic E-state index is 1.41. The van der Waals surface area contributed by atoms with Crippen molar-refractivity contribution in [1.29, 1.82) is 0 Å². The molecule has 10 heavy (non-hydrogen) atoms. The maximum atomic E-state index is 2.27. The minimum Gasteiger partial charge on any atom is -0.0694 e. The van der Waals surface area contributed by atoms with Crippen LogP contribution in [0.4, 0.5) is 0 Å². The fourth-order valence-electron chi connectivity index (χ4n) is 0.962. The molecule has 1 aromatic heterocycles. The van der Waals surface area contributed by atoms with Crippen molar-refractivity contribution in [3.63, 3.8) is 0 Å². The van der Waals surface area contributed by atoms with Gasteiger partial charge in [-0.25, -0.2) is 0 Å². The van der Waals surface area contributed by atoms with Gasteiger partial charge >= 0.3 is 0 Å². The zero-order valence-corrected chi connectivity index (χ0v) is 7.92. The normalized spacial score (nSPS) is 10.0. The third-order valence-corrected chi connectivity index (χ3v) is 3.29. The molecular formula is C9H13P. The van der Waals surface area contributed by atoms with E-state index in [0.29, 0.717) is 0 Å². The molecule has 1 rings (SSSR count). The van der Waals surface area contributed by atoms with Gasteiger partial charge in [-0.05, 0) is 49.4 Å². The predicted octanol–water partition coefficient (Wildman–Crippen LogP) is 3.50. The summed E-state index contributed by atoms with van der Waals surface area (Å²) in [6, 6.07) is 2.27. The van der Waals surface area contributed by atoms with Crippen molar-refractivity contribution in [3.8, 4) is 0 Å². The predicted molar refractivity (Wildman–Crippen MR) is 47.9 cm³/mol. The average molecular weight is 152 g/mol. The molecule has 1 heteroatoms. The van der Waals surface area contributed by atoms with Crippen LogP contribution < -0.4 is 0 Å². The molecule has 1 aromatic rings. The van der Waals surface area contributed by atoms with Gasteiger partial charge in [0.1, 0.15) is 0 Å². The van der Waals surface area contributed by atoms with Gasteiger partial charge in [-0.1, -0.05) is 14.3 Å². The second-order valence-corrected chi connectivity index (χ2v) is 4.36. The maximum absolute atomic E-state index is 2.27. The quantitative estimate of drug-likeness (QED) is 0.533. The number of aryl methyl sites for hydroxylation is 4. The van der Waals surface area contributed by atoms with Crippen LogP contribution >= 0.6 is 8.19 Å². The summed E-state index contributed by atoms with van der Waals surface area (Å²) in [6.45, 7) is 8.75. The smallest absolute Gasteiger partial charge is 0.0205 e. The van der Waals surface area contributed by atoms with Crippen molar-refractivity contribution >= 4 is 8.19 Å². The van der Waals surface area contributed by atoms with Crippen LogP contribution in [0.15, 0.2) is 6.07 Å². The van der Waals surface area contributed by atoms with E-state index in [1.54, 1.807) is 0 Å². The fourth-order valence-corrected chi connectivity index (χ4v) is 1.95. The molecule has 0 aliphatic heterocycles. The van der Waals surface area contributed by atoms with E-state index in [0.717, 1.165) is 0 Å². The van der Waals surface area contributed by atoms with Gasteiger partial charge in [0.25, 0.3) is 0 Å². The van der Waals surface area contributed by atoms with Crippen molar-refractivity contribution < 1.29 is 0 Å². The summed E-state index contributed by atoms with van der Waals surface area (Å²) >= 11 is 0.